The van der Waals surface area contributed by atoms with Gasteiger partial charge in [0.2, 0.25) is 5.88 Å². The average molecular weight is 276 g/mol. The standard InChI is InChI=1S/C15H17FN2O2/c1-19-14-5-4-11(8-12(14)16)13(17)7-10-3-6-15(20-2)18-9-10/h3-6,8-9,13H,7,17H2,1-2H3. The fourth-order valence-electron chi connectivity index (χ4n) is 1.94. The van der Waals surface area contributed by atoms with Crippen LogP contribution >= 0.6 is 0 Å². The molecule has 1 unspecified atom stereocenters. The fraction of sp³-hybridized carbons (Fsp3) is 0.267. The molecule has 1 aromatic heterocycles. The average Bonchev–Trinajstić information content (AvgIpc) is 2.48. The maximum absolute atomic E-state index is 13.6. The monoisotopic (exact) mass is 276 g/mol. The lowest BCUT2D eigenvalue weighted by molar-refractivity contribution is 0.386. The first-order chi connectivity index (χ1) is 9.63. The second kappa shape index (κ2) is 6.34. The predicted molar refractivity (Wildman–Crippen MR) is 74.4 cm³/mol. The van der Waals surface area contributed by atoms with Gasteiger partial charge in [-0.2, -0.15) is 0 Å². The van der Waals surface area contributed by atoms with Crippen LogP contribution in [0.5, 0.6) is 11.6 Å². The highest BCUT2D eigenvalue weighted by molar-refractivity contribution is 5.32. The van der Waals surface area contributed by atoms with Crippen molar-refractivity contribution in [1.29, 1.82) is 0 Å². The van der Waals surface area contributed by atoms with Crippen molar-refractivity contribution >= 4 is 0 Å². The minimum absolute atomic E-state index is 0.215. The first-order valence-electron chi connectivity index (χ1n) is 6.22. The Morgan fingerprint density at radius 2 is 2.00 bits per heavy atom. The normalized spacial score (nSPS) is 12.0. The van der Waals surface area contributed by atoms with Gasteiger partial charge in [-0.15, -0.1) is 0 Å². The molecule has 106 valence electrons. The zero-order chi connectivity index (χ0) is 14.5. The first kappa shape index (κ1) is 14.3. The van der Waals surface area contributed by atoms with Gasteiger partial charge in [-0.1, -0.05) is 12.1 Å². The Morgan fingerprint density at radius 1 is 1.20 bits per heavy atom. The molecule has 5 heteroatoms. The van der Waals surface area contributed by atoms with Crippen molar-refractivity contribution in [3.05, 3.63) is 53.5 Å². The van der Waals surface area contributed by atoms with Gasteiger partial charge >= 0.3 is 0 Å². The molecule has 2 N–H and O–H groups in total. The van der Waals surface area contributed by atoms with Crippen LogP contribution in [0, 0.1) is 5.82 Å². The minimum Gasteiger partial charge on any atom is -0.494 e. The largest absolute Gasteiger partial charge is 0.494 e. The summed E-state index contributed by atoms with van der Waals surface area (Å²) >= 11 is 0. The van der Waals surface area contributed by atoms with Gasteiger partial charge in [-0.25, -0.2) is 9.37 Å². The molecule has 0 saturated carbocycles. The first-order valence-corrected chi connectivity index (χ1v) is 6.22. The number of methoxy groups -OCH3 is 2. The Labute approximate surface area is 117 Å². The van der Waals surface area contributed by atoms with Crippen LogP contribution in [-0.4, -0.2) is 19.2 Å². The Bertz CT molecular complexity index is 573. The zero-order valence-electron chi connectivity index (χ0n) is 11.5. The number of nitrogens with zero attached hydrogens (tertiary/aromatic N) is 1. The van der Waals surface area contributed by atoms with E-state index in [9.17, 15) is 4.39 Å². The molecule has 1 heterocycles. The van der Waals surface area contributed by atoms with Gasteiger partial charge in [-0.05, 0) is 29.7 Å². The summed E-state index contributed by atoms with van der Waals surface area (Å²) in [6, 6.07) is 8.12. The lowest BCUT2D eigenvalue weighted by atomic mass is 10.0. The van der Waals surface area contributed by atoms with Gasteiger partial charge in [-0.3, -0.25) is 0 Å². The van der Waals surface area contributed by atoms with E-state index in [1.807, 2.05) is 6.07 Å². The van der Waals surface area contributed by atoms with E-state index in [0.29, 0.717) is 12.3 Å². The maximum atomic E-state index is 13.6. The second-order valence-corrected chi connectivity index (χ2v) is 4.41. The summed E-state index contributed by atoms with van der Waals surface area (Å²) in [7, 11) is 2.99. The molecule has 0 aliphatic rings. The van der Waals surface area contributed by atoms with E-state index in [0.717, 1.165) is 11.1 Å². The van der Waals surface area contributed by atoms with Crippen LogP contribution in [0.15, 0.2) is 36.5 Å². The lowest BCUT2D eigenvalue weighted by Crippen LogP contribution is -2.13. The van der Waals surface area contributed by atoms with Gasteiger partial charge in [0.05, 0.1) is 14.2 Å². The van der Waals surface area contributed by atoms with E-state index >= 15 is 0 Å². The second-order valence-electron chi connectivity index (χ2n) is 4.41. The predicted octanol–water partition coefficient (Wildman–Crippen LogP) is 2.48. The highest BCUT2D eigenvalue weighted by Crippen LogP contribution is 2.23. The highest BCUT2D eigenvalue weighted by atomic mass is 19.1. The molecule has 4 nitrogen and oxygen atoms in total. The summed E-state index contributed by atoms with van der Waals surface area (Å²) in [5.41, 5.74) is 7.78. The summed E-state index contributed by atoms with van der Waals surface area (Å²) in [5.74, 6) is 0.359. The summed E-state index contributed by atoms with van der Waals surface area (Å²) < 4.78 is 23.5. The number of hydrogen-bond donors (Lipinski definition) is 1. The summed E-state index contributed by atoms with van der Waals surface area (Å²) in [6.07, 6.45) is 2.28. The van der Waals surface area contributed by atoms with Crippen LogP contribution < -0.4 is 15.2 Å². The van der Waals surface area contributed by atoms with Crippen LogP contribution in [0.3, 0.4) is 0 Å². The molecule has 1 atom stereocenters. The molecule has 0 amide bonds. The SMILES string of the molecule is COc1ccc(CC(N)c2ccc(OC)c(F)c2)cn1. The summed E-state index contributed by atoms with van der Waals surface area (Å²) in [5, 5.41) is 0. The number of benzene rings is 1. The molecule has 0 radical (unpaired) electrons. The van der Waals surface area contributed by atoms with Crippen LogP contribution in [0.1, 0.15) is 17.2 Å². The van der Waals surface area contributed by atoms with Crippen molar-refractivity contribution < 1.29 is 13.9 Å². The van der Waals surface area contributed by atoms with Crippen molar-refractivity contribution in [2.75, 3.05) is 14.2 Å². The van der Waals surface area contributed by atoms with Gasteiger partial charge in [0, 0.05) is 18.3 Å². The third-order valence-corrected chi connectivity index (χ3v) is 3.07. The van der Waals surface area contributed by atoms with E-state index < -0.39 is 5.82 Å². The Hall–Kier alpha value is -2.14. The molecule has 0 spiro atoms. The van der Waals surface area contributed by atoms with Crippen molar-refractivity contribution in [1.82, 2.24) is 4.98 Å². The molecule has 0 saturated heterocycles. The minimum atomic E-state index is -0.409. The molecular weight excluding hydrogens is 259 g/mol. The van der Waals surface area contributed by atoms with E-state index in [1.165, 1.54) is 13.2 Å². The molecule has 20 heavy (non-hydrogen) atoms. The van der Waals surface area contributed by atoms with Gasteiger partial charge in [0.15, 0.2) is 11.6 Å². The fourth-order valence-corrected chi connectivity index (χ4v) is 1.94. The van der Waals surface area contributed by atoms with Gasteiger partial charge in [0.25, 0.3) is 0 Å². The number of hydrogen-bond acceptors (Lipinski definition) is 4. The number of rotatable bonds is 5. The molecule has 0 bridgehead atoms. The number of nitrogens with two attached hydrogens (primary N) is 1. The highest BCUT2D eigenvalue weighted by Gasteiger charge is 2.11. The molecule has 2 rings (SSSR count). The Morgan fingerprint density at radius 3 is 2.55 bits per heavy atom. The third kappa shape index (κ3) is 3.24. The smallest absolute Gasteiger partial charge is 0.212 e. The van der Waals surface area contributed by atoms with Crippen molar-refractivity contribution in [3.63, 3.8) is 0 Å². The van der Waals surface area contributed by atoms with E-state index in [1.54, 1.807) is 31.5 Å². The van der Waals surface area contributed by atoms with Crippen LogP contribution in [0.2, 0.25) is 0 Å². The lowest BCUT2D eigenvalue weighted by Gasteiger charge is -2.13. The topological polar surface area (TPSA) is 57.4 Å². The zero-order valence-corrected chi connectivity index (χ0v) is 11.5. The number of ether oxygens (including phenoxy) is 2. The van der Waals surface area contributed by atoms with Gasteiger partial charge in [0.1, 0.15) is 0 Å². The van der Waals surface area contributed by atoms with E-state index in [4.69, 9.17) is 15.2 Å². The number of pyridine rings is 1. The van der Waals surface area contributed by atoms with E-state index in [-0.39, 0.29) is 11.8 Å². The van der Waals surface area contributed by atoms with Gasteiger partial charge < -0.3 is 15.2 Å². The van der Waals surface area contributed by atoms with Crippen molar-refractivity contribution in [2.45, 2.75) is 12.5 Å². The Kier molecular flexibility index (Phi) is 4.53. The molecule has 2 aromatic rings. The molecular formula is C15H17FN2O2. The quantitative estimate of drug-likeness (QED) is 0.911. The van der Waals surface area contributed by atoms with E-state index in [2.05, 4.69) is 4.98 Å². The van der Waals surface area contributed by atoms with Crippen molar-refractivity contribution in [2.24, 2.45) is 5.73 Å². The summed E-state index contributed by atoms with van der Waals surface area (Å²) in [4.78, 5) is 4.12. The Balaban J connectivity index is 2.10. The summed E-state index contributed by atoms with van der Waals surface area (Å²) in [6.45, 7) is 0. The third-order valence-electron chi connectivity index (χ3n) is 3.07. The number of halogens is 1. The molecule has 0 aliphatic heterocycles. The maximum Gasteiger partial charge on any atom is 0.212 e. The molecule has 1 aromatic carbocycles. The van der Waals surface area contributed by atoms with Crippen LogP contribution in [0.25, 0.3) is 0 Å². The number of aromatic nitrogens is 1. The van der Waals surface area contributed by atoms with Crippen LogP contribution in [0.4, 0.5) is 4.39 Å². The van der Waals surface area contributed by atoms with Crippen LogP contribution in [-0.2, 0) is 6.42 Å². The molecule has 0 aliphatic carbocycles. The van der Waals surface area contributed by atoms with Crippen molar-refractivity contribution in [3.8, 4) is 11.6 Å². The molecule has 0 fully saturated rings.